The van der Waals surface area contributed by atoms with Gasteiger partial charge in [0.25, 0.3) is 0 Å². The first-order valence-corrected chi connectivity index (χ1v) is 40.1. The van der Waals surface area contributed by atoms with Crippen LogP contribution in [0, 0.1) is 0 Å². The van der Waals surface area contributed by atoms with Crippen LogP contribution in [0.25, 0.3) is 0 Å². The second-order valence-corrected chi connectivity index (χ2v) is 27.4. The van der Waals surface area contributed by atoms with Crippen molar-refractivity contribution < 1.29 is 80.2 Å². The number of rotatable bonds is 69. The van der Waals surface area contributed by atoms with Gasteiger partial charge in [-0.05, 0) is 141 Å². The summed E-state index contributed by atoms with van der Waals surface area (Å²) in [6.45, 7) is 4.56. The average molecular weight is 1390 g/mol. The van der Waals surface area contributed by atoms with Crippen molar-refractivity contribution in [3.8, 4) is 0 Å². The minimum atomic E-state index is -4.99. The van der Waals surface area contributed by atoms with Gasteiger partial charge < -0.3 is 33.8 Å². The molecule has 0 bridgehead atoms. The molecule has 0 aliphatic carbocycles. The summed E-state index contributed by atoms with van der Waals surface area (Å²) in [4.78, 5) is 72.7. The highest BCUT2D eigenvalue weighted by Gasteiger charge is 2.30. The Morgan fingerprint density at radius 1 is 0.302 bits per heavy atom. The molecule has 0 aromatic rings. The minimum Gasteiger partial charge on any atom is -0.462 e. The summed E-state index contributed by atoms with van der Waals surface area (Å²) < 4.78 is 68.3. The average Bonchev–Trinajstić information content (AvgIpc) is 3.12. The van der Waals surface area contributed by atoms with Gasteiger partial charge in [0.05, 0.1) is 26.4 Å². The number of esters is 4. The highest BCUT2D eigenvalue weighted by Crippen LogP contribution is 2.45. The van der Waals surface area contributed by atoms with Crippen LogP contribution in [-0.2, 0) is 65.4 Å². The number of phosphoric ester groups is 2. The third kappa shape index (κ3) is 68.3. The fraction of sp³-hybridized carbons (Fsp3) is 0.714. The van der Waals surface area contributed by atoms with Crippen molar-refractivity contribution in [2.45, 2.75) is 316 Å². The van der Waals surface area contributed by atoms with E-state index in [4.69, 9.17) is 37.0 Å². The Kier molecular flexibility index (Phi) is 66.1. The van der Waals surface area contributed by atoms with E-state index in [9.17, 15) is 43.2 Å². The molecule has 19 heteroatoms. The van der Waals surface area contributed by atoms with Crippen LogP contribution in [0.15, 0.2) is 109 Å². The van der Waals surface area contributed by atoms with Gasteiger partial charge in [-0.25, -0.2) is 9.13 Å². The molecular formula is C77H132O17P2. The largest absolute Gasteiger partial charge is 0.472 e. The fourth-order valence-corrected chi connectivity index (χ4v) is 11.1. The van der Waals surface area contributed by atoms with E-state index >= 15 is 0 Å². The van der Waals surface area contributed by atoms with Crippen LogP contribution in [0.1, 0.15) is 297 Å². The Hall–Kier alpha value is -4.28. The van der Waals surface area contributed by atoms with E-state index in [1.165, 1.54) is 51.4 Å². The predicted molar refractivity (Wildman–Crippen MR) is 390 cm³/mol. The van der Waals surface area contributed by atoms with Gasteiger partial charge in [-0.15, -0.1) is 0 Å². The molecule has 0 aliphatic rings. The van der Waals surface area contributed by atoms with E-state index in [-0.39, 0.29) is 25.7 Å². The van der Waals surface area contributed by atoms with Gasteiger partial charge in [0.2, 0.25) is 0 Å². The molecule has 0 rings (SSSR count). The van der Waals surface area contributed by atoms with Crippen molar-refractivity contribution in [1.82, 2.24) is 0 Å². The van der Waals surface area contributed by atoms with Gasteiger partial charge in [0, 0.05) is 25.7 Å². The van der Waals surface area contributed by atoms with Crippen molar-refractivity contribution in [1.29, 1.82) is 0 Å². The summed E-state index contributed by atoms with van der Waals surface area (Å²) in [7, 11) is -9.97. The second-order valence-electron chi connectivity index (χ2n) is 24.5. The molecule has 0 aromatic carbocycles. The van der Waals surface area contributed by atoms with Crippen molar-refractivity contribution in [2.24, 2.45) is 0 Å². The molecule has 5 unspecified atom stereocenters. The zero-order valence-corrected chi connectivity index (χ0v) is 61.8. The molecule has 17 nitrogen and oxygen atoms in total. The highest BCUT2D eigenvalue weighted by molar-refractivity contribution is 7.47. The number of carbonyl (C=O) groups excluding carboxylic acids is 4. The van der Waals surface area contributed by atoms with Gasteiger partial charge >= 0.3 is 39.5 Å². The summed E-state index contributed by atoms with van der Waals surface area (Å²) in [5.41, 5.74) is 0. The van der Waals surface area contributed by atoms with Crippen LogP contribution in [0.4, 0.5) is 0 Å². The molecule has 552 valence electrons. The van der Waals surface area contributed by atoms with Gasteiger partial charge in [0.15, 0.2) is 12.2 Å². The van der Waals surface area contributed by atoms with E-state index in [1.54, 1.807) is 0 Å². The van der Waals surface area contributed by atoms with Gasteiger partial charge in [-0.2, -0.15) is 0 Å². The lowest BCUT2D eigenvalue weighted by Crippen LogP contribution is -2.30. The molecule has 5 atom stereocenters. The monoisotopic (exact) mass is 1390 g/mol. The molecular weight excluding hydrogens is 1260 g/mol. The predicted octanol–water partition coefficient (Wildman–Crippen LogP) is 21.0. The maximum Gasteiger partial charge on any atom is 0.472 e. The quantitative estimate of drug-likeness (QED) is 0.0169. The van der Waals surface area contributed by atoms with E-state index in [2.05, 4.69) is 125 Å². The Balaban J connectivity index is 5.40. The first-order chi connectivity index (χ1) is 46.7. The third-order valence-corrected chi connectivity index (χ3v) is 17.1. The Morgan fingerprint density at radius 2 is 0.573 bits per heavy atom. The molecule has 0 heterocycles. The van der Waals surface area contributed by atoms with Crippen molar-refractivity contribution in [2.75, 3.05) is 39.6 Å². The number of hydrogen-bond donors (Lipinski definition) is 3. The number of phosphoric acid groups is 2. The number of hydrogen-bond acceptors (Lipinski definition) is 15. The zero-order chi connectivity index (χ0) is 70.4. The molecule has 0 spiro atoms. The van der Waals surface area contributed by atoms with Gasteiger partial charge in [-0.3, -0.25) is 37.3 Å². The van der Waals surface area contributed by atoms with Gasteiger partial charge in [0.1, 0.15) is 19.3 Å². The normalized spacial score (nSPS) is 14.6. The van der Waals surface area contributed by atoms with Crippen LogP contribution in [0.3, 0.4) is 0 Å². The smallest absolute Gasteiger partial charge is 0.462 e. The number of unbranched alkanes of at least 4 members (excludes halogenated alkanes) is 25. The SMILES string of the molecule is CC/C=C\C/C=C\C/C=C\C/C=C\C/C=C\CCCC(=O)OCC(COP(=O)(O)OCC(O)COP(=O)(O)OCC(COC(=O)CCCCCCC/C=C\CCCCCC)OC(=O)CCCCCCC/C=C\CCCCCC)OC(=O)CCCCCCC/C=C\C/C=C\CCC. The van der Waals surface area contributed by atoms with Crippen LogP contribution in [0.5, 0.6) is 0 Å². The molecule has 0 fully saturated rings. The molecule has 0 saturated carbocycles. The summed E-state index contributed by atoms with van der Waals surface area (Å²) in [5, 5.41) is 10.6. The molecule has 96 heavy (non-hydrogen) atoms. The van der Waals surface area contributed by atoms with Crippen LogP contribution < -0.4 is 0 Å². The maximum atomic E-state index is 13.0. The zero-order valence-electron chi connectivity index (χ0n) is 60.0. The lowest BCUT2D eigenvalue weighted by molar-refractivity contribution is -0.161. The highest BCUT2D eigenvalue weighted by atomic mass is 31.2. The lowest BCUT2D eigenvalue weighted by atomic mass is 10.1. The van der Waals surface area contributed by atoms with Crippen molar-refractivity contribution in [3.63, 3.8) is 0 Å². The molecule has 0 amide bonds. The molecule has 0 saturated heterocycles. The summed E-state index contributed by atoms with van der Waals surface area (Å²) in [6.07, 6.45) is 72.4. The fourth-order valence-electron chi connectivity index (χ4n) is 9.52. The first-order valence-electron chi connectivity index (χ1n) is 37.1. The Labute approximate surface area is 581 Å². The molecule has 3 N–H and O–H groups in total. The summed E-state index contributed by atoms with van der Waals surface area (Å²) in [5.74, 6) is -2.27. The van der Waals surface area contributed by atoms with Crippen molar-refractivity contribution in [3.05, 3.63) is 109 Å². The second kappa shape index (κ2) is 69.2. The van der Waals surface area contributed by atoms with E-state index in [1.807, 2.05) is 12.2 Å². The summed E-state index contributed by atoms with van der Waals surface area (Å²) in [6, 6.07) is 0. The first kappa shape index (κ1) is 91.7. The number of allylic oxidation sites excluding steroid dienone is 18. The number of ether oxygens (including phenoxy) is 4. The van der Waals surface area contributed by atoms with Crippen LogP contribution in [0.2, 0.25) is 0 Å². The number of carbonyl (C=O) groups is 4. The standard InChI is InChI=1S/C77H132O17P2/c1-5-9-13-17-21-25-29-33-34-35-36-40-42-46-50-54-58-62-75(80)88-68-73(94-77(82)64-60-56-52-48-44-39-32-28-24-20-16-12-8-4)70-92-96(85,86)90-66-71(78)65-89-95(83,84)91-69-72(93-76(81)63-59-55-51-47-43-38-31-27-23-19-15-11-7-3)67-87-74(79)61-57-53-49-45-41-37-30-26-22-18-14-10-6-2/h9,13,16,20-21,25-28,30-34,36,40,46,50,71-73,78H,5-8,10-12,14-15,17-19,22-24,29,35,37-39,41-45,47-49,51-70H2,1-4H3,(H,83,84)(H,85,86)/b13-9-,20-16-,25-21-,30-26-,31-27-,32-28-,34-33-,40-36-,50-46-. The maximum absolute atomic E-state index is 13.0. The molecule has 0 radical (unpaired) electrons. The third-order valence-electron chi connectivity index (χ3n) is 15.2. The Morgan fingerprint density at radius 3 is 0.927 bits per heavy atom. The van der Waals surface area contributed by atoms with Gasteiger partial charge in [-0.1, -0.05) is 240 Å². The van der Waals surface area contributed by atoms with Crippen LogP contribution in [-0.4, -0.2) is 96.7 Å². The summed E-state index contributed by atoms with van der Waals surface area (Å²) >= 11 is 0. The van der Waals surface area contributed by atoms with E-state index < -0.39 is 97.5 Å². The Bertz CT molecular complexity index is 2250. The number of aliphatic hydroxyl groups excluding tert-OH is 1. The molecule has 0 aliphatic heterocycles. The van der Waals surface area contributed by atoms with Crippen LogP contribution >= 0.6 is 15.6 Å². The number of aliphatic hydroxyl groups is 1. The van der Waals surface area contributed by atoms with E-state index in [0.717, 1.165) is 161 Å². The lowest BCUT2D eigenvalue weighted by Gasteiger charge is -2.21. The topological polar surface area (TPSA) is 237 Å². The molecule has 0 aromatic heterocycles. The minimum absolute atomic E-state index is 0.0647. The van der Waals surface area contributed by atoms with E-state index in [0.29, 0.717) is 32.1 Å². The van der Waals surface area contributed by atoms with Crippen molar-refractivity contribution >= 4 is 39.5 Å².